The van der Waals surface area contributed by atoms with Crippen LogP contribution in [0.4, 0.5) is 17.2 Å². The molecule has 2 aromatic heterocycles. The van der Waals surface area contributed by atoms with E-state index >= 15 is 0 Å². The number of nitrogens with one attached hydrogen (secondary N) is 2. The van der Waals surface area contributed by atoms with Gasteiger partial charge >= 0.3 is 0 Å². The van der Waals surface area contributed by atoms with Gasteiger partial charge in [-0.2, -0.15) is 0 Å². The maximum Gasteiger partial charge on any atom is 0.238 e. The number of nitrogens with zero attached hydrogens (tertiary/aromatic N) is 3. The van der Waals surface area contributed by atoms with Crippen LogP contribution in [0.25, 0.3) is 22.0 Å². The van der Waals surface area contributed by atoms with E-state index in [0.29, 0.717) is 11.4 Å². The summed E-state index contributed by atoms with van der Waals surface area (Å²) in [4.78, 5) is 13.0. The lowest BCUT2D eigenvalue weighted by atomic mass is 10.0. The zero-order chi connectivity index (χ0) is 23.4. The molecule has 0 saturated heterocycles. The molecule has 2 N–H and O–H groups in total. The smallest absolute Gasteiger partial charge is 0.238 e. The number of hydrogen-bond donors (Lipinski definition) is 2. The first-order chi connectivity index (χ1) is 15.9. The van der Waals surface area contributed by atoms with Gasteiger partial charge in [0.25, 0.3) is 0 Å². The normalized spacial score (nSPS) is 11.2. The van der Waals surface area contributed by atoms with E-state index in [0.717, 1.165) is 27.9 Å². The van der Waals surface area contributed by atoms with Crippen LogP contribution in [0, 0.1) is 0 Å². The average molecular weight is 466 g/mol. The maximum atomic E-state index is 12.1. The molecular weight excluding hydrogens is 442 g/mol. The van der Waals surface area contributed by atoms with Crippen LogP contribution in [0.2, 0.25) is 0 Å². The number of fused-ring (bicyclic) bond motifs is 1. The fourth-order valence-corrected chi connectivity index (χ4v) is 3.86. The van der Waals surface area contributed by atoms with Crippen LogP contribution < -0.4 is 19.5 Å². The van der Waals surface area contributed by atoms with Crippen molar-refractivity contribution >= 4 is 38.1 Å². The Balaban J connectivity index is 1.73. The zero-order valence-corrected chi connectivity index (χ0v) is 19.2. The third-order valence-electron chi connectivity index (χ3n) is 5.01. The van der Waals surface area contributed by atoms with Gasteiger partial charge in [-0.3, -0.25) is 4.72 Å². The molecule has 0 aliphatic heterocycles. The third-order valence-corrected chi connectivity index (χ3v) is 6.30. The monoisotopic (exact) mass is 465 g/mol. The van der Waals surface area contributed by atoms with Crippen LogP contribution in [0.3, 0.4) is 0 Å². The molecule has 170 valence electrons. The van der Waals surface area contributed by atoms with Gasteiger partial charge in [-0.05, 0) is 55.0 Å². The molecule has 2 heterocycles. The third kappa shape index (κ3) is 4.96. The van der Waals surface area contributed by atoms with Crippen LogP contribution in [0.1, 0.15) is 6.92 Å². The number of pyridine rings is 1. The lowest BCUT2D eigenvalue weighted by Crippen LogP contribution is -2.15. The molecule has 9 nitrogen and oxygen atoms in total. The second-order valence-electron chi connectivity index (χ2n) is 7.09. The Morgan fingerprint density at radius 3 is 2.39 bits per heavy atom. The van der Waals surface area contributed by atoms with Crippen LogP contribution in [0.5, 0.6) is 11.6 Å². The molecule has 0 amide bonds. The number of aromatic nitrogens is 3. The Kier molecular flexibility index (Phi) is 6.27. The Morgan fingerprint density at radius 1 is 0.909 bits per heavy atom. The summed E-state index contributed by atoms with van der Waals surface area (Å²) >= 11 is 0. The van der Waals surface area contributed by atoms with E-state index < -0.39 is 10.0 Å². The highest BCUT2D eigenvalue weighted by Crippen LogP contribution is 2.32. The molecule has 4 rings (SSSR count). The number of benzene rings is 2. The number of hydrogen-bond acceptors (Lipinski definition) is 8. The van der Waals surface area contributed by atoms with Gasteiger partial charge in [0.05, 0.1) is 25.5 Å². The minimum Gasteiger partial charge on any atom is -0.497 e. The minimum atomic E-state index is -3.49. The van der Waals surface area contributed by atoms with Gasteiger partial charge in [-0.15, -0.1) is 0 Å². The largest absolute Gasteiger partial charge is 0.497 e. The van der Waals surface area contributed by atoms with E-state index in [-0.39, 0.29) is 17.3 Å². The lowest BCUT2D eigenvalue weighted by Gasteiger charge is -2.13. The van der Waals surface area contributed by atoms with Gasteiger partial charge in [-0.25, -0.2) is 23.4 Å². The van der Waals surface area contributed by atoms with Crippen molar-refractivity contribution in [3.8, 4) is 22.8 Å². The van der Waals surface area contributed by atoms with Crippen molar-refractivity contribution < 1.29 is 17.9 Å². The van der Waals surface area contributed by atoms with Crippen molar-refractivity contribution in [2.75, 3.05) is 30.0 Å². The second-order valence-corrected chi connectivity index (χ2v) is 9.10. The number of ether oxygens (including phenoxy) is 2. The van der Waals surface area contributed by atoms with Gasteiger partial charge in [-0.1, -0.05) is 6.07 Å². The summed E-state index contributed by atoms with van der Waals surface area (Å²) in [6.45, 7) is 1.56. The molecule has 10 heteroatoms. The predicted octanol–water partition coefficient (Wildman–Crippen LogP) is 4.21. The first kappa shape index (κ1) is 22.3. The van der Waals surface area contributed by atoms with Gasteiger partial charge in [0.1, 0.15) is 23.6 Å². The van der Waals surface area contributed by atoms with Gasteiger partial charge < -0.3 is 14.8 Å². The SMILES string of the molecule is CCS(=O)(=O)Nc1cc(-c2ccc3ncnc(Nc4ccc(OC)cc4)c3c2)cnc1OC. The predicted molar refractivity (Wildman–Crippen MR) is 129 cm³/mol. The maximum absolute atomic E-state index is 12.1. The summed E-state index contributed by atoms with van der Waals surface area (Å²) in [5.74, 6) is 1.53. The fourth-order valence-electron chi connectivity index (χ4n) is 3.23. The number of rotatable bonds is 8. The highest BCUT2D eigenvalue weighted by atomic mass is 32.2. The number of anilines is 3. The zero-order valence-electron chi connectivity index (χ0n) is 18.4. The van der Waals surface area contributed by atoms with Crippen LogP contribution in [-0.4, -0.2) is 43.3 Å². The van der Waals surface area contributed by atoms with Crippen molar-refractivity contribution in [1.29, 1.82) is 0 Å². The summed E-state index contributed by atoms with van der Waals surface area (Å²) in [6, 6.07) is 14.9. The molecule has 0 aliphatic rings. The molecule has 0 aliphatic carbocycles. The molecule has 0 saturated carbocycles. The minimum absolute atomic E-state index is 0.0614. The highest BCUT2D eigenvalue weighted by Gasteiger charge is 2.15. The molecule has 2 aromatic carbocycles. The molecular formula is C23H23N5O4S. The standard InChI is InChI=1S/C23H23N5O4S/c1-4-33(29,30)28-21-12-16(13-24-23(21)32-3)15-5-10-20-19(11-15)22(26-14-25-20)27-17-6-8-18(31-2)9-7-17/h5-14,28H,4H2,1-3H3,(H,25,26,27). The van der Waals surface area contributed by atoms with Gasteiger partial charge in [0.15, 0.2) is 0 Å². The van der Waals surface area contributed by atoms with E-state index in [9.17, 15) is 8.42 Å². The Morgan fingerprint density at radius 2 is 1.70 bits per heavy atom. The molecule has 0 spiro atoms. The topological polar surface area (TPSA) is 115 Å². The summed E-state index contributed by atoms with van der Waals surface area (Å²) in [5.41, 5.74) is 3.42. The van der Waals surface area contributed by atoms with Gasteiger partial charge in [0, 0.05) is 22.8 Å². The first-order valence-corrected chi connectivity index (χ1v) is 11.8. The van der Waals surface area contributed by atoms with E-state index in [1.807, 2.05) is 42.5 Å². The van der Waals surface area contributed by atoms with Crippen molar-refractivity contribution in [1.82, 2.24) is 15.0 Å². The number of sulfonamides is 1. The number of methoxy groups -OCH3 is 2. The van der Waals surface area contributed by atoms with Gasteiger partial charge in [0.2, 0.25) is 15.9 Å². The average Bonchev–Trinajstić information content (AvgIpc) is 2.84. The second kappa shape index (κ2) is 9.29. The quantitative estimate of drug-likeness (QED) is 0.398. The van der Waals surface area contributed by atoms with Crippen molar-refractivity contribution in [3.05, 3.63) is 61.1 Å². The van der Waals surface area contributed by atoms with Crippen molar-refractivity contribution in [3.63, 3.8) is 0 Å². The lowest BCUT2D eigenvalue weighted by molar-refractivity contribution is 0.400. The Labute approximate surface area is 191 Å². The molecule has 4 aromatic rings. The van der Waals surface area contributed by atoms with E-state index in [2.05, 4.69) is 25.0 Å². The van der Waals surface area contributed by atoms with E-state index in [1.54, 1.807) is 26.3 Å². The molecule has 33 heavy (non-hydrogen) atoms. The Bertz CT molecular complexity index is 1390. The highest BCUT2D eigenvalue weighted by molar-refractivity contribution is 7.92. The molecule has 0 unspecified atom stereocenters. The Hall–Kier alpha value is -3.92. The summed E-state index contributed by atoms with van der Waals surface area (Å²) < 4.78 is 37.1. The summed E-state index contributed by atoms with van der Waals surface area (Å²) in [7, 11) is -0.434. The summed E-state index contributed by atoms with van der Waals surface area (Å²) in [6.07, 6.45) is 3.13. The van der Waals surface area contributed by atoms with Crippen molar-refractivity contribution in [2.45, 2.75) is 6.92 Å². The molecule has 0 bridgehead atoms. The molecule has 0 fully saturated rings. The molecule has 0 radical (unpaired) electrons. The molecule has 0 atom stereocenters. The fraction of sp³-hybridized carbons (Fsp3) is 0.174. The van der Waals surface area contributed by atoms with E-state index in [1.165, 1.54) is 13.4 Å². The van der Waals surface area contributed by atoms with Crippen molar-refractivity contribution in [2.24, 2.45) is 0 Å². The van der Waals surface area contributed by atoms with Crippen LogP contribution >= 0.6 is 0 Å². The van der Waals surface area contributed by atoms with Crippen LogP contribution in [0.15, 0.2) is 61.1 Å². The first-order valence-electron chi connectivity index (χ1n) is 10.1. The van der Waals surface area contributed by atoms with E-state index in [4.69, 9.17) is 9.47 Å². The summed E-state index contributed by atoms with van der Waals surface area (Å²) in [5, 5.41) is 4.11. The van der Waals surface area contributed by atoms with Crippen LogP contribution in [-0.2, 0) is 10.0 Å².